The number of aliphatic hydroxyl groups is 1. The predicted octanol–water partition coefficient (Wildman–Crippen LogP) is 3.53. The van der Waals surface area contributed by atoms with Gasteiger partial charge >= 0.3 is 0 Å². The van der Waals surface area contributed by atoms with Gasteiger partial charge in [0.25, 0.3) is 5.91 Å². The Morgan fingerprint density at radius 2 is 1.83 bits per heavy atom. The molecule has 3 heterocycles. The number of aromatic amines is 1. The SMILES string of the molecule is Cc1[nH]c2cc(Nc3ncc(Cl)c(Nc4ccccc4NS(C)(=O)=O)n3)ccc2c1C(=O)N1CCN(CCO)CC1. The Hall–Kier alpha value is -3.91. The van der Waals surface area contributed by atoms with Crippen molar-refractivity contribution in [2.75, 3.05) is 60.9 Å². The fourth-order valence-corrected chi connectivity index (χ4v) is 5.53. The van der Waals surface area contributed by atoms with Crippen LogP contribution in [0.3, 0.4) is 0 Å². The van der Waals surface area contributed by atoms with E-state index in [2.05, 4.69) is 35.2 Å². The van der Waals surface area contributed by atoms with E-state index in [1.807, 2.05) is 30.0 Å². The second-order valence-corrected chi connectivity index (χ2v) is 12.0. The standard InChI is InChI=1S/C27H31ClN8O4S/c1-17-24(26(38)36-11-9-35(10-12-36)13-14-37)19-8-7-18(15-23(19)30-17)31-27-29-16-20(28)25(33-27)32-21-5-3-4-6-22(21)34-41(2,39)40/h3-8,15-16,30,34,37H,9-14H2,1-2H3,(H2,29,31,32,33). The Kier molecular flexibility index (Phi) is 8.31. The molecule has 12 nitrogen and oxygen atoms in total. The molecule has 14 heteroatoms. The lowest BCUT2D eigenvalue weighted by molar-refractivity contribution is 0.0616. The van der Waals surface area contributed by atoms with Gasteiger partial charge in [-0.25, -0.2) is 13.4 Å². The summed E-state index contributed by atoms with van der Waals surface area (Å²) in [4.78, 5) is 29.5. The van der Waals surface area contributed by atoms with Gasteiger partial charge in [0.2, 0.25) is 16.0 Å². The summed E-state index contributed by atoms with van der Waals surface area (Å²) in [6, 6.07) is 12.4. The molecule has 0 aliphatic carbocycles. The fraction of sp³-hybridized carbons (Fsp3) is 0.296. The van der Waals surface area contributed by atoms with Crippen molar-refractivity contribution in [1.29, 1.82) is 0 Å². The van der Waals surface area contributed by atoms with Gasteiger partial charge < -0.3 is 25.6 Å². The van der Waals surface area contributed by atoms with Crippen LogP contribution in [0.4, 0.5) is 28.8 Å². The molecule has 5 N–H and O–H groups in total. The van der Waals surface area contributed by atoms with Gasteiger partial charge in [-0.15, -0.1) is 0 Å². The molecular formula is C27H31ClN8O4S. The molecule has 0 atom stereocenters. The van der Waals surface area contributed by atoms with Crippen LogP contribution in [0, 0.1) is 6.92 Å². The Labute approximate surface area is 242 Å². The summed E-state index contributed by atoms with van der Waals surface area (Å²) in [5.41, 5.74) is 3.75. The number of benzene rings is 2. The highest BCUT2D eigenvalue weighted by molar-refractivity contribution is 7.92. The van der Waals surface area contributed by atoms with Gasteiger partial charge in [0, 0.05) is 55.0 Å². The van der Waals surface area contributed by atoms with Gasteiger partial charge in [0.05, 0.1) is 36.0 Å². The molecule has 5 rings (SSSR count). The molecule has 1 amide bonds. The number of nitrogens with one attached hydrogen (secondary N) is 4. The minimum Gasteiger partial charge on any atom is -0.395 e. The van der Waals surface area contributed by atoms with Crippen molar-refractivity contribution >= 4 is 67.3 Å². The lowest BCUT2D eigenvalue weighted by atomic mass is 10.1. The van der Waals surface area contributed by atoms with Crippen LogP contribution in [0.5, 0.6) is 0 Å². The minimum atomic E-state index is -3.49. The Morgan fingerprint density at radius 1 is 1.10 bits per heavy atom. The topological polar surface area (TPSA) is 156 Å². The van der Waals surface area contributed by atoms with E-state index in [1.54, 1.807) is 24.3 Å². The molecule has 1 aliphatic rings. The van der Waals surface area contributed by atoms with Crippen molar-refractivity contribution in [2.24, 2.45) is 0 Å². The van der Waals surface area contributed by atoms with Gasteiger partial charge in [-0.3, -0.25) is 14.4 Å². The molecule has 1 saturated heterocycles. The Morgan fingerprint density at radius 3 is 2.54 bits per heavy atom. The number of aliphatic hydroxyl groups excluding tert-OH is 1. The van der Waals surface area contributed by atoms with Crippen LogP contribution < -0.4 is 15.4 Å². The number of H-pyrrole nitrogens is 1. The Balaban J connectivity index is 1.34. The first kappa shape index (κ1) is 28.6. The highest BCUT2D eigenvalue weighted by atomic mass is 35.5. The highest BCUT2D eigenvalue weighted by Crippen LogP contribution is 2.31. The second-order valence-electron chi connectivity index (χ2n) is 9.80. The maximum absolute atomic E-state index is 13.4. The van der Waals surface area contributed by atoms with E-state index in [-0.39, 0.29) is 29.3 Å². The van der Waals surface area contributed by atoms with E-state index in [9.17, 15) is 18.3 Å². The van der Waals surface area contributed by atoms with Crippen molar-refractivity contribution in [3.63, 3.8) is 0 Å². The van der Waals surface area contributed by atoms with Gasteiger partial charge in [0.1, 0.15) is 5.02 Å². The average Bonchev–Trinajstić information content (AvgIpc) is 3.26. The van der Waals surface area contributed by atoms with Crippen LogP contribution in [0.25, 0.3) is 10.9 Å². The van der Waals surface area contributed by atoms with Gasteiger partial charge in [-0.05, 0) is 37.3 Å². The molecule has 1 aliphatic heterocycles. The number of amides is 1. The number of rotatable bonds is 9. The van der Waals surface area contributed by atoms with Gasteiger partial charge in [-0.2, -0.15) is 4.98 Å². The third kappa shape index (κ3) is 6.70. The quantitative estimate of drug-likeness (QED) is 0.194. The molecule has 0 bridgehead atoms. The average molecular weight is 599 g/mol. The molecule has 1 fully saturated rings. The van der Waals surface area contributed by atoms with Crippen LogP contribution in [0.1, 0.15) is 16.1 Å². The van der Waals surface area contributed by atoms with E-state index in [0.29, 0.717) is 42.3 Å². The number of β-amino-alcohol motifs (C(OH)–C–C–N with tert-alkyl or cyclic N) is 1. The number of carbonyl (C=O) groups is 1. The number of aryl methyl sites for hydroxylation is 1. The predicted molar refractivity (Wildman–Crippen MR) is 161 cm³/mol. The number of halogens is 1. The van der Waals surface area contributed by atoms with Crippen molar-refractivity contribution < 1.29 is 18.3 Å². The molecule has 2 aromatic heterocycles. The summed E-state index contributed by atoms with van der Waals surface area (Å²) in [6.07, 6.45) is 2.52. The van der Waals surface area contributed by atoms with E-state index in [0.717, 1.165) is 35.9 Å². The molecule has 0 saturated carbocycles. The van der Waals surface area contributed by atoms with Crippen molar-refractivity contribution in [1.82, 2.24) is 24.8 Å². The number of nitrogens with zero attached hydrogens (tertiary/aromatic N) is 4. The lowest BCUT2D eigenvalue weighted by Crippen LogP contribution is -2.49. The zero-order valence-electron chi connectivity index (χ0n) is 22.6. The summed E-state index contributed by atoms with van der Waals surface area (Å²) >= 11 is 6.34. The van der Waals surface area contributed by atoms with E-state index in [1.165, 1.54) is 6.20 Å². The molecule has 0 spiro atoms. The number of aromatic nitrogens is 3. The number of para-hydroxylation sites is 2. The maximum atomic E-state index is 13.4. The Bertz CT molecular complexity index is 1690. The second kappa shape index (κ2) is 11.9. The van der Waals surface area contributed by atoms with Gasteiger partial charge in [0.15, 0.2) is 5.82 Å². The molecular weight excluding hydrogens is 568 g/mol. The van der Waals surface area contributed by atoms with Crippen molar-refractivity contribution in [3.05, 3.63) is 64.9 Å². The van der Waals surface area contributed by atoms with E-state index < -0.39 is 10.0 Å². The van der Waals surface area contributed by atoms with Crippen LogP contribution in [-0.2, 0) is 10.0 Å². The number of hydrogen-bond acceptors (Lipinski definition) is 9. The number of carbonyl (C=O) groups excluding carboxylic acids is 1. The number of anilines is 5. The summed E-state index contributed by atoms with van der Waals surface area (Å²) in [5.74, 6) is 0.543. The summed E-state index contributed by atoms with van der Waals surface area (Å²) in [6.45, 7) is 5.32. The van der Waals surface area contributed by atoms with E-state index in [4.69, 9.17) is 11.6 Å². The molecule has 0 radical (unpaired) electrons. The first-order valence-corrected chi connectivity index (χ1v) is 15.3. The minimum absolute atomic E-state index is 0.0134. The zero-order chi connectivity index (χ0) is 29.1. The third-order valence-electron chi connectivity index (χ3n) is 6.75. The van der Waals surface area contributed by atoms with Crippen LogP contribution in [0.15, 0.2) is 48.7 Å². The van der Waals surface area contributed by atoms with Crippen molar-refractivity contribution in [2.45, 2.75) is 6.92 Å². The van der Waals surface area contributed by atoms with E-state index >= 15 is 0 Å². The summed E-state index contributed by atoms with van der Waals surface area (Å²) < 4.78 is 26.0. The number of hydrogen-bond donors (Lipinski definition) is 5. The van der Waals surface area contributed by atoms with Gasteiger partial charge in [-0.1, -0.05) is 23.7 Å². The number of piperazine rings is 1. The highest BCUT2D eigenvalue weighted by Gasteiger charge is 2.25. The monoisotopic (exact) mass is 598 g/mol. The lowest BCUT2D eigenvalue weighted by Gasteiger charge is -2.34. The molecule has 0 unspecified atom stereocenters. The largest absolute Gasteiger partial charge is 0.395 e. The molecule has 2 aromatic carbocycles. The zero-order valence-corrected chi connectivity index (χ0v) is 24.2. The number of sulfonamides is 1. The first-order chi connectivity index (χ1) is 19.6. The summed E-state index contributed by atoms with van der Waals surface area (Å²) in [5, 5.41) is 16.5. The first-order valence-electron chi connectivity index (χ1n) is 13.0. The maximum Gasteiger partial charge on any atom is 0.256 e. The number of fused-ring (bicyclic) bond motifs is 1. The van der Waals surface area contributed by atoms with Crippen LogP contribution in [-0.4, -0.2) is 89.8 Å². The molecule has 4 aromatic rings. The third-order valence-corrected chi connectivity index (χ3v) is 7.62. The fourth-order valence-electron chi connectivity index (χ4n) is 4.81. The summed E-state index contributed by atoms with van der Waals surface area (Å²) in [7, 11) is -3.49. The normalized spacial score (nSPS) is 14.3. The van der Waals surface area contributed by atoms with Crippen LogP contribution in [0.2, 0.25) is 5.02 Å². The van der Waals surface area contributed by atoms with Crippen LogP contribution >= 0.6 is 11.6 Å². The van der Waals surface area contributed by atoms with Crippen molar-refractivity contribution in [3.8, 4) is 0 Å². The molecule has 41 heavy (non-hydrogen) atoms. The smallest absolute Gasteiger partial charge is 0.256 e. The molecule has 216 valence electrons.